The SMILES string of the molecule is CC[C@]12CC[C@H]3[C@@H]([C@@H](O)C=C4C[C@@H](O)CC[C@@]43C)[C@@H]1CC(OC)=C2[n+]1ccccc1. The van der Waals surface area contributed by atoms with E-state index in [-0.39, 0.29) is 22.9 Å². The van der Waals surface area contributed by atoms with Crippen molar-refractivity contribution in [2.45, 2.75) is 71.0 Å². The van der Waals surface area contributed by atoms with Crippen LogP contribution in [0.1, 0.15) is 58.8 Å². The predicted octanol–water partition coefficient (Wildman–Crippen LogP) is 4.08. The fraction of sp³-hybridized carbons (Fsp3) is 0.654. The topological polar surface area (TPSA) is 53.6 Å². The van der Waals surface area contributed by atoms with Gasteiger partial charge in [0.05, 0.1) is 24.7 Å². The van der Waals surface area contributed by atoms with Crippen LogP contribution in [0, 0.1) is 28.6 Å². The highest BCUT2D eigenvalue weighted by molar-refractivity contribution is 5.52. The number of allylic oxidation sites excluding steroid dienone is 2. The highest BCUT2D eigenvalue weighted by atomic mass is 16.5. The highest BCUT2D eigenvalue weighted by Crippen LogP contribution is 2.67. The molecule has 0 spiro atoms. The van der Waals surface area contributed by atoms with Gasteiger partial charge < -0.3 is 14.9 Å². The first-order valence-electron chi connectivity index (χ1n) is 11.8. The van der Waals surface area contributed by atoms with E-state index in [1.54, 1.807) is 7.11 Å². The Bertz CT molecular complexity index is 878. The van der Waals surface area contributed by atoms with E-state index in [9.17, 15) is 10.2 Å². The summed E-state index contributed by atoms with van der Waals surface area (Å²) in [6, 6.07) is 6.23. The van der Waals surface area contributed by atoms with Gasteiger partial charge in [0.2, 0.25) is 5.70 Å². The van der Waals surface area contributed by atoms with E-state index in [4.69, 9.17) is 4.74 Å². The zero-order valence-electron chi connectivity index (χ0n) is 18.6. The van der Waals surface area contributed by atoms with Crippen LogP contribution in [0.2, 0.25) is 0 Å². The number of aliphatic hydroxyl groups excluding tert-OH is 2. The largest absolute Gasteiger partial charge is 0.495 e. The third-order valence-electron chi connectivity index (χ3n) is 9.30. The van der Waals surface area contributed by atoms with Crippen molar-refractivity contribution in [3.63, 3.8) is 0 Å². The number of aliphatic hydroxyl groups is 2. The first-order chi connectivity index (χ1) is 14.4. The number of hydrogen-bond acceptors (Lipinski definition) is 3. The number of hydrogen-bond donors (Lipinski definition) is 2. The van der Waals surface area contributed by atoms with Gasteiger partial charge in [-0.25, -0.2) is 0 Å². The summed E-state index contributed by atoms with van der Waals surface area (Å²) in [5.41, 5.74) is 2.76. The van der Waals surface area contributed by atoms with Gasteiger partial charge in [-0.05, 0) is 61.7 Å². The molecule has 1 heterocycles. The molecule has 1 aromatic rings. The maximum absolute atomic E-state index is 11.4. The number of rotatable bonds is 3. The minimum absolute atomic E-state index is 0.0371. The summed E-state index contributed by atoms with van der Waals surface area (Å²) in [5, 5.41) is 21.6. The zero-order chi connectivity index (χ0) is 21.1. The Morgan fingerprint density at radius 2 is 1.83 bits per heavy atom. The Morgan fingerprint density at radius 3 is 2.53 bits per heavy atom. The van der Waals surface area contributed by atoms with Crippen molar-refractivity contribution in [1.82, 2.24) is 0 Å². The summed E-state index contributed by atoms with van der Waals surface area (Å²) in [4.78, 5) is 0. The van der Waals surface area contributed by atoms with Gasteiger partial charge in [-0.15, -0.1) is 0 Å². The summed E-state index contributed by atoms with van der Waals surface area (Å²) < 4.78 is 8.25. The predicted molar refractivity (Wildman–Crippen MR) is 116 cm³/mol. The van der Waals surface area contributed by atoms with Gasteiger partial charge in [0, 0.05) is 18.6 Å². The van der Waals surface area contributed by atoms with Gasteiger partial charge in [0.1, 0.15) is 0 Å². The number of nitrogens with zero attached hydrogens (tertiary/aromatic N) is 1. The maximum atomic E-state index is 11.4. The van der Waals surface area contributed by atoms with Crippen LogP contribution < -0.4 is 4.57 Å². The van der Waals surface area contributed by atoms with Crippen molar-refractivity contribution in [2.24, 2.45) is 28.6 Å². The normalized spacial score (nSPS) is 42.8. The maximum Gasteiger partial charge on any atom is 0.231 e. The molecule has 4 heteroatoms. The van der Waals surface area contributed by atoms with Crippen molar-refractivity contribution in [2.75, 3.05) is 7.11 Å². The fourth-order valence-corrected chi connectivity index (χ4v) is 7.81. The molecule has 0 bridgehead atoms. The Labute approximate surface area is 180 Å². The zero-order valence-corrected chi connectivity index (χ0v) is 18.6. The van der Waals surface area contributed by atoms with E-state index in [2.05, 4.69) is 55.1 Å². The number of ether oxygens (including phenoxy) is 1. The van der Waals surface area contributed by atoms with Crippen LogP contribution in [0.3, 0.4) is 0 Å². The van der Waals surface area contributed by atoms with Crippen LogP contribution in [0.4, 0.5) is 0 Å². The smallest absolute Gasteiger partial charge is 0.231 e. The molecule has 7 atom stereocenters. The number of aromatic nitrogens is 1. The standard InChI is InChI=1S/C26H36NO3/c1-4-26-11-9-19-23(21(29)15-17-14-18(28)8-10-25(17,19)2)20(26)16-22(30-3)24(26)27-12-6-5-7-13-27/h5-7,12-13,15,18-21,23,28-29H,4,8-11,14,16H2,1-3H3/q+1/t18-,19-,20-,21-,23+,25-,26-/m0/s1. The second-order valence-corrected chi connectivity index (χ2v) is 10.3. The van der Waals surface area contributed by atoms with Crippen LogP contribution in [0.25, 0.3) is 5.70 Å². The van der Waals surface area contributed by atoms with Crippen LogP contribution in [0.15, 0.2) is 48.0 Å². The summed E-state index contributed by atoms with van der Waals surface area (Å²) in [5.74, 6) is 2.19. The lowest BCUT2D eigenvalue weighted by Gasteiger charge is -2.58. The number of pyridine rings is 1. The summed E-state index contributed by atoms with van der Waals surface area (Å²) in [6.07, 6.45) is 12.6. The number of methoxy groups -OCH3 is 1. The van der Waals surface area contributed by atoms with Gasteiger partial charge >= 0.3 is 0 Å². The molecule has 2 N–H and O–H groups in total. The average Bonchev–Trinajstić information content (AvgIpc) is 3.10. The molecular formula is C26H36NO3+. The van der Waals surface area contributed by atoms with E-state index < -0.39 is 6.10 Å². The quantitative estimate of drug-likeness (QED) is 0.583. The molecule has 5 rings (SSSR count). The van der Waals surface area contributed by atoms with Crippen LogP contribution >= 0.6 is 0 Å². The van der Waals surface area contributed by atoms with Crippen molar-refractivity contribution >= 4 is 5.70 Å². The lowest BCUT2D eigenvalue weighted by atomic mass is 9.46. The van der Waals surface area contributed by atoms with E-state index in [0.717, 1.165) is 50.7 Å². The van der Waals surface area contributed by atoms with Gasteiger partial charge in [0.15, 0.2) is 18.2 Å². The lowest BCUT2D eigenvalue weighted by molar-refractivity contribution is -0.591. The molecule has 4 nitrogen and oxygen atoms in total. The van der Waals surface area contributed by atoms with E-state index in [1.807, 2.05) is 0 Å². The Hall–Kier alpha value is -1.65. The lowest BCUT2D eigenvalue weighted by Crippen LogP contribution is -2.56. The van der Waals surface area contributed by atoms with Crippen LogP contribution in [0.5, 0.6) is 0 Å². The minimum atomic E-state index is -0.433. The monoisotopic (exact) mass is 410 g/mol. The number of fused-ring (bicyclic) bond motifs is 5. The van der Waals surface area contributed by atoms with Gasteiger partial charge in [-0.3, -0.25) is 0 Å². The molecule has 0 saturated heterocycles. The van der Waals surface area contributed by atoms with E-state index in [1.165, 1.54) is 11.3 Å². The average molecular weight is 411 g/mol. The fourth-order valence-electron chi connectivity index (χ4n) is 7.81. The van der Waals surface area contributed by atoms with Crippen molar-refractivity contribution < 1.29 is 19.5 Å². The first kappa shape index (κ1) is 20.3. The van der Waals surface area contributed by atoms with Gasteiger partial charge in [-0.2, -0.15) is 4.57 Å². The Balaban J connectivity index is 1.59. The molecule has 0 amide bonds. The summed E-state index contributed by atoms with van der Waals surface area (Å²) in [7, 11) is 1.80. The molecule has 2 saturated carbocycles. The van der Waals surface area contributed by atoms with Crippen molar-refractivity contribution in [3.05, 3.63) is 48.0 Å². The Morgan fingerprint density at radius 1 is 1.07 bits per heavy atom. The molecule has 30 heavy (non-hydrogen) atoms. The van der Waals surface area contributed by atoms with Crippen molar-refractivity contribution in [1.29, 1.82) is 0 Å². The highest BCUT2D eigenvalue weighted by Gasteiger charge is 2.64. The van der Waals surface area contributed by atoms with Gasteiger partial charge in [-0.1, -0.05) is 31.6 Å². The molecule has 0 aliphatic heterocycles. The molecule has 4 aliphatic carbocycles. The van der Waals surface area contributed by atoms with Crippen LogP contribution in [-0.2, 0) is 4.74 Å². The molecule has 162 valence electrons. The molecule has 4 aliphatic rings. The molecule has 0 radical (unpaired) electrons. The van der Waals surface area contributed by atoms with Crippen molar-refractivity contribution in [3.8, 4) is 0 Å². The molecule has 2 fully saturated rings. The van der Waals surface area contributed by atoms with E-state index >= 15 is 0 Å². The third-order valence-corrected chi connectivity index (χ3v) is 9.30. The minimum Gasteiger partial charge on any atom is -0.495 e. The molecular weight excluding hydrogens is 374 g/mol. The molecule has 0 aromatic carbocycles. The molecule has 0 unspecified atom stereocenters. The van der Waals surface area contributed by atoms with Crippen LogP contribution in [-0.4, -0.2) is 29.5 Å². The summed E-state index contributed by atoms with van der Waals surface area (Å²) in [6.45, 7) is 4.71. The van der Waals surface area contributed by atoms with Gasteiger partial charge in [0.25, 0.3) is 0 Å². The second-order valence-electron chi connectivity index (χ2n) is 10.3. The summed E-state index contributed by atoms with van der Waals surface area (Å²) >= 11 is 0. The van der Waals surface area contributed by atoms with E-state index in [0.29, 0.717) is 11.8 Å². The third kappa shape index (κ3) is 2.69. The molecule has 1 aromatic heterocycles. The first-order valence-corrected chi connectivity index (χ1v) is 11.8. The second kappa shape index (κ2) is 7.20. The Kier molecular flexibility index (Phi) is 4.86.